The number of hydrazine groups is 1. The van der Waals surface area contributed by atoms with Crippen LogP contribution in [-0.4, -0.2) is 24.4 Å². The third-order valence-corrected chi connectivity index (χ3v) is 2.47. The largest absolute Gasteiger partial charge is 0.459 e. The van der Waals surface area contributed by atoms with Crippen LogP contribution in [0.3, 0.4) is 0 Å². The molecule has 8 heteroatoms. The smallest absolute Gasteiger partial charge is 0.338 e. The number of furan rings is 1. The van der Waals surface area contributed by atoms with Crippen molar-refractivity contribution < 1.29 is 27.9 Å². The SMILES string of the molecule is O=C(COC(=O)c1ccc(F)cc1)NNC(=O)c1ccco1. The highest BCUT2D eigenvalue weighted by Crippen LogP contribution is 2.04. The van der Waals surface area contributed by atoms with Crippen LogP contribution in [0.2, 0.25) is 0 Å². The Balaban J connectivity index is 1.74. The van der Waals surface area contributed by atoms with Gasteiger partial charge in [0.1, 0.15) is 5.82 Å². The number of amides is 2. The highest BCUT2D eigenvalue weighted by Gasteiger charge is 2.12. The van der Waals surface area contributed by atoms with Gasteiger partial charge in [0.15, 0.2) is 12.4 Å². The van der Waals surface area contributed by atoms with E-state index >= 15 is 0 Å². The van der Waals surface area contributed by atoms with Gasteiger partial charge < -0.3 is 9.15 Å². The van der Waals surface area contributed by atoms with Crippen molar-refractivity contribution in [1.82, 2.24) is 10.9 Å². The number of carbonyl (C=O) groups excluding carboxylic acids is 3. The van der Waals surface area contributed by atoms with Crippen molar-refractivity contribution in [2.75, 3.05) is 6.61 Å². The van der Waals surface area contributed by atoms with Gasteiger partial charge >= 0.3 is 11.9 Å². The fraction of sp³-hybridized carbons (Fsp3) is 0.0714. The Morgan fingerprint density at radius 2 is 1.82 bits per heavy atom. The summed E-state index contributed by atoms with van der Waals surface area (Å²) in [5.74, 6) is -2.65. The number of hydrogen-bond acceptors (Lipinski definition) is 5. The van der Waals surface area contributed by atoms with Crippen molar-refractivity contribution in [2.24, 2.45) is 0 Å². The van der Waals surface area contributed by atoms with E-state index in [0.717, 1.165) is 12.1 Å². The van der Waals surface area contributed by atoms with Gasteiger partial charge in [0.2, 0.25) is 0 Å². The second-order valence-electron chi connectivity index (χ2n) is 4.06. The molecule has 7 nitrogen and oxygen atoms in total. The summed E-state index contributed by atoms with van der Waals surface area (Å²) >= 11 is 0. The van der Waals surface area contributed by atoms with E-state index in [1.54, 1.807) is 0 Å². The van der Waals surface area contributed by atoms with E-state index in [-0.39, 0.29) is 11.3 Å². The van der Waals surface area contributed by atoms with Gasteiger partial charge in [0.25, 0.3) is 5.91 Å². The summed E-state index contributed by atoms with van der Waals surface area (Å²) in [5, 5.41) is 0. The highest BCUT2D eigenvalue weighted by molar-refractivity contribution is 5.94. The zero-order valence-corrected chi connectivity index (χ0v) is 11.2. The summed E-state index contributed by atoms with van der Waals surface area (Å²) < 4.78 is 22.2. The van der Waals surface area contributed by atoms with Crippen LogP contribution in [0.15, 0.2) is 47.1 Å². The van der Waals surface area contributed by atoms with Crippen molar-refractivity contribution in [3.63, 3.8) is 0 Å². The predicted molar refractivity (Wildman–Crippen MR) is 71.0 cm³/mol. The minimum atomic E-state index is -0.785. The summed E-state index contributed by atoms with van der Waals surface area (Å²) in [6, 6.07) is 7.58. The lowest BCUT2D eigenvalue weighted by molar-refractivity contribution is -0.125. The van der Waals surface area contributed by atoms with E-state index in [1.165, 1.54) is 30.5 Å². The number of ether oxygens (including phenoxy) is 1. The maximum Gasteiger partial charge on any atom is 0.338 e. The lowest BCUT2D eigenvalue weighted by Gasteiger charge is -2.07. The molecule has 1 aromatic heterocycles. The Morgan fingerprint density at radius 1 is 1.09 bits per heavy atom. The summed E-state index contributed by atoms with van der Waals surface area (Å²) in [6.07, 6.45) is 1.31. The molecule has 0 unspecified atom stereocenters. The first-order chi connectivity index (χ1) is 10.6. The highest BCUT2D eigenvalue weighted by atomic mass is 19.1. The van der Waals surface area contributed by atoms with Crippen LogP contribution >= 0.6 is 0 Å². The Labute approximate surface area is 124 Å². The lowest BCUT2D eigenvalue weighted by Crippen LogP contribution is -2.43. The van der Waals surface area contributed by atoms with Crippen LogP contribution < -0.4 is 10.9 Å². The normalized spacial score (nSPS) is 9.86. The van der Waals surface area contributed by atoms with Crippen LogP contribution in [0.25, 0.3) is 0 Å². The van der Waals surface area contributed by atoms with Gasteiger partial charge in [0.05, 0.1) is 11.8 Å². The number of nitrogens with one attached hydrogen (secondary N) is 2. The number of benzene rings is 1. The molecule has 0 fully saturated rings. The van der Waals surface area contributed by atoms with Crippen molar-refractivity contribution in [2.45, 2.75) is 0 Å². The van der Waals surface area contributed by atoms with Gasteiger partial charge in [-0.3, -0.25) is 20.4 Å². The van der Waals surface area contributed by atoms with Gasteiger partial charge in [0, 0.05) is 0 Å². The second-order valence-corrected chi connectivity index (χ2v) is 4.06. The number of halogens is 1. The van der Waals surface area contributed by atoms with Gasteiger partial charge in [-0.05, 0) is 36.4 Å². The first kappa shape index (κ1) is 15.2. The Morgan fingerprint density at radius 3 is 2.45 bits per heavy atom. The number of rotatable bonds is 4. The van der Waals surface area contributed by atoms with Crippen molar-refractivity contribution in [1.29, 1.82) is 0 Å². The molecule has 1 aromatic carbocycles. The quantitative estimate of drug-likeness (QED) is 0.649. The molecule has 0 saturated heterocycles. The third-order valence-electron chi connectivity index (χ3n) is 2.47. The number of esters is 1. The van der Waals surface area contributed by atoms with E-state index in [9.17, 15) is 18.8 Å². The van der Waals surface area contributed by atoms with E-state index in [0.29, 0.717) is 0 Å². The van der Waals surface area contributed by atoms with Gasteiger partial charge in [-0.2, -0.15) is 0 Å². The van der Waals surface area contributed by atoms with Crippen molar-refractivity contribution in [3.8, 4) is 0 Å². The van der Waals surface area contributed by atoms with E-state index in [1.807, 2.05) is 0 Å². The zero-order chi connectivity index (χ0) is 15.9. The van der Waals surface area contributed by atoms with Crippen LogP contribution in [-0.2, 0) is 9.53 Å². The average molecular weight is 306 g/mol. The van der Waals surface area contributed by atoms with Gasteiger partial charge in [-0.15, -0.1) is 0 Å². The second kappa shape index (κ2) is 7.02. The maximum absolute atomic E-state index is 12.7. The molecule has 2 rings (SSSR count). The lowest BCUT2D eigenvalue weighted by atomic mass is 10.2. The number of carbonyl (C=O) groups is 3. The van der Waals surface area contributed by atoms with Crippen molar-refractivity contribution in [3.05, 3.63) is 59.8 Å². The van der Waals surface area contributed by atoms with E-state index < -0.39 is 30.2 Å². The van der Waals surface area contributed by atoms with Crippen LogP contribution in [0.5, 0.6) is 0 Å². The summed E-state index contributed by atoms with van der Waals surface area (Å²) in [5.41, 5.74) is 4.24. The summed E-state index contributed by atoms with van der Waals surface area (Å²) in [7, 11) is 0. The van der Waals surface area contributed by atoms with Crippen LogP contribution in [0.4, 0.5) is 4.39 Å². The molecular formula is C14H11FN2O5. The molecule has 2 aromatic rings. The average Bonchev–Trinajstić information content (AvgIpc) is 3.05. The molecular weight excluding hydrogens is 295 g/mol. The maximum atomic E-state index is 12.7. The molecule has 0 aliphatic carbocycles. The Kier molecular flexibility index (Phi) is 4.86. The monoisotopic (exact) mass is 306 g/mol. The van der Waals surface area contributed by atoms with E-state index in [2.05, 4.69) is 10.9 Å². The summed E-state index contributed by atoms with van der Waals surface area (Å²) in [4.78, 5) is 34.4. The molecule has 0 bridgehead atoms. The molecule has 1 heterocycles. The molecule has 2 amide bonds. The van der Waals surface area contributed by atoms with Crippen molar-refractivity contribution >= 4 is 17.8 Å². The third kappa shape index (κ3) is 4.17. The first-order valence-corrected chi connectivity index (χ1v) is 6.11. The Bertz CT molecular complexity index is 667. The molecule has 0 atom stereocenters. The fourth-order valence-electron chi connectivity index (χ4n) is 1.43. The Hall–Kier alpha value is -3.16. The minimum Gasteiger partial charge on any atom is -0.459 e. The van der Waals surface area contributed by atoms with Crippen LogP contribution in [0, 0.1) is 5.82 Å². The summed E-state index contributed by atoms with van der Waals surface area (Å²) in [6.45, 7) is -0.603. The zero-order valence-electron chi connectivity index (χ0n) is 11.2. The molecule has 2 N–H and O–H groups in total. The molecule has 0 spiro atoms. The topological polar surface area (TPSA) is 97.6 Å². The molecule has 114 valence electrons. The van der Waals surface area contributed by atoms with Gasteiger partial charge in [-0.25, -0.2) is 9.18 Å². The molecule has 0 aliphatic heterocycles. The first-order valence-electron chi connectivity index (χ1n) is 6.11. The van der Waals surface area contributed by atoms with E-state index in [4.69, 9.17) is 9.15 Å². The predicted octanol–water partition coefficient (Wildman–Crippen LogP) is 1.04. The molecule has 0 radical (unpaired) electrons. The fourth-order valence-corrected chi connectivity index (χ4v) is 1.43. The molecule has 22 heavy (non-hydrogen) atoms. The molecule has 0 saturated carbocycles. The molecule has 0 aliphatic rings. The number of hydrogen-bond donors (Lipinski definition) is 2. The van der Waals surface area contributed by atoms with Gasteiger partial charge in [-0.1, -0.05) is 0 Å². The standard InChI is InChI=1S/C14H11FN2O5/c15-10-5-3-9(4-6-10)14(20)22-8-12(18)16-17-13(19)11-2-1-7-21-11/h1-7H,8H2,(H,16,18)(H,17,19). The minimum absolute atomic E-state index is 0.0172. The van der Waals surface area contributed by atoms with Crippen LogP contribution in [0.1, 0.15) is 20.9 Å².